The molecule has 0 unspecified atom stereocenters. The van der Waals surface area contributed by atoms with Crippen molar-refractivity contribution in [1.29, 1.82) is 0 Å². The summed E-state index contributed by atoms with van der Waals surface area (Å²) in [6.07, 6.45) is 1.72. The van der Waals surface area contributed by atoms with Crippen LogP contribution in [0.2, 0.25) is 0 Å². The van der Waals surface area contributed by atoms with Gasteiger partial charge in [0.2, 0.25) is 0 Å². The summed E-state index contributed by atoms with van der Waals surface area (Å²) in [5.41, 5.74) is 2.55. The Kier molecular flexibility index (Phi) is 6.55. The molecule has 6 heteroatoms. The maximum atomic E-state index is 13.3. The summed E-state index contributed by atoms with van der Waals surface area (Å²) in [5, 5.41) is 7.58. The number of hydrogen-bond donors (Lipinski definition) is 1. The van der Waals surface area contributed by atoms with Gasteiger partial charge in [-0.3, -0.25) is 4.79 Å². The third-order valence-electron chi connectivity index (χ3n) is 4.71. The minimum Gasteiger partial charge on any atom is -0.351 e. The smallest absolute Gasteiger partial charge is 0.255 e. The van der Waals surface area contributed by atoms with Crippen molar-refractivity contribution in [3.8, 4) is 16.9 Å². The summed E-state index contributed by atoms with van der Waals surface area (Å²) in [6, 6.07) is 15.6. The van der Waals surface area contributed by atoms with Crippen LogP contribution < -0.4 is 5.32 Å². The van der Waals surface area contributed by atoms with Crippen molar-refractivity contribution in [1.82, 2.24) is 20.0 Å². The zero-order valence-corrected chi connectivity index (χ0v) is 16.2. The molecule has 146 valence electrons. The highest BCUT2D eigenvalue weighted by atomic mass is 19.1. The SMILES string of the molecule is CCN(CC)CCNC(=O)c1cn(-c2ccccc2)nc1-c1ccc(F)cc1. The molecule has 1 amide bonds. The third kappa shape index (κ3) is 4.64. The zero-order chi connectivity index (χ0) is 19.9. The molecule has 2 aromatic carbocycles. The molecule has 0 saturated heterocycles. The molecule has 5 nitrogen and oxygen atoms in total. The van der Waals surface area contributed by atoms with Crippen molar-refractivity contribution in [2.24, 2.45) is 0 Å². The lowest BCUT2D eigenvalue weighted by Gasteiger charge is -2.17. The molecular weight excluding hydrogens is 355 g/mol. The van der Waals surface area contributed by atoms with E-state index in [1.165, 1.54) is 12.1 Å². The Labute approximate surface area is 164 Å². The van der Waals surface area contributed by atoms with E-state index in [0.717, 1.165) is 25.3 Å². The molecule has 28 heavy (non-hydrogen) atoms. The molecule has 0 aliphatic rings. The molecule has 1 N–H and O–H groups in total. The fourth-order valence-electron chi connectivity index (χ4n) is 3.04. The van der Waals surface area contributed by atoms with Gasteiger partial charge in [0.1, 0.15) is 11.5 Å². The molecular formula is C22H25FN4O. The van der Waals surface area contributed by atoms with Crippen molar-refractivity contribution in [3.05, 3.63) is 72.2 Å². The largest absolute Gasteiger partial charge is 0.351 e. The lowest BCUT2D eigenvalue weighted by atomic mass is 10.1. The Morgan fingerprint density at radius 1 is 1.07 bits per heavy atom. The number of nitrogens with zero attached hydrogens (tertiary/aromatic N) is 3. The molecule has 0 bridgehead atoms. The second-order valence-electron chi connectivity index (χ2n) is 6.46. The van der Waals surface area contributed by atoms with Crippen LogP contribution in [0.15, 0.2) is 60.8 Å². The molecule has 0 fully saturated rings. The normalized spacial score (nSPS) is 11.0. The summed E-state index contributed by atoms with van der Waals surface area (Å²) in [5.74, 6) is -0.509. The Balaban J connectivity index is 1.88. The molecule has 3 aromatic rings. The van der Waals surface area contributed by atoms with Gasteiger partial charge in [-0.2, -0.15) is 5.10 Å². The first-order chi connectivity index (χ1) is 13.6. The van der Waals surface area contributed by atoms with Crippen molar-refractivity contribution >= 4 is 5.91 Å². The molecule has 1 aromatic heterocycles. The van der Waals surface area contributed by atoms with Crippen molar-refractivity contribution in [3.63, 3.8) is 0 Å². The summed E-state index contributed by atoms with van der Waals surface area (Å²) < 4.78 is 15.0. The number of aromatic nitrogens is 2. The third-order valence-corrected chi connectivity index (χ3v) is 4.71. The molecule has 0 aliphatic heterocycles. The fraction of sp³-hybridized carbons (Fsp3) is 0.273. The second-order valence-corrected chi connectivity index (χ2v) is 6.46. The Morgan fingerprint density at radius 2 is 1.75 bits per heavy atom. The Morgan fingerprint density at radius 3 is 2.39 bits per heavy atom. The van der Waals surface area contributed by atoms with E-state index in [-0.39, 0.29) is 11.7 Å². The average Bonchev–Trinajstić information content (AvgIpc) is 3.18. The first kappa shape index (κ1) is 19.8. The van der Waals surface area contributed by atoms with Crippen LogP contribution in [0.25, 0.3) is 16.9 Å². The fourth-order valence-corrected chi connectivity index (χ4v) is 3.04. The predicted octanol–water partition coefficient (Wildman–Crippen LogP) is 3.75. The topological polar surface area (TPSA) is 50.2 Å². The highest BCUT2D eigenvalue weighted by Gasteiger charge is 2.18. The molecule has 0 saturated carbocycles. The molecule has 0 radical (unpaired) electrons. The first-order valence-corrected chi connectivity index (χ1v) is 9.54. The average molecular weight is 380 g/mol. The van der Waals surface area contributed by atoms with Crippen LogP contribution in [0.4, 0.5) is 4.39 Å². The minimum atomic E-state index is -0.323. The van der Waals surface area contributed by atoms with E-state index in [9.17, 15) is 9.18 Å². The summed E-state index contributed by atoms with van der Waals surface area (Å²) in [4.78, 5) is 15.1. The number of para-hydroxylation sites is 1. The van der Waals surface area contributed by atoms with E-state index < -0.39 is 0 Å². The number of carbonyl (C=O) groups is 1. The number of halogens is 1. The maximum Gasteiger partial charge on any atom is 0.255 e. The highest BCUT2D eigenvalue weighted by Crippen LogP contribution is 2.24. The van der Waals surface area contributed by atoms with Crippen molar-refractivity contribution < 1.29 is 9.18 Å². The van der Waals surface area contributed by atoms with Crippen LogP contribution in [-0.4, -0.2) is 46.8 Å². The van der Waals surface area contributed by atoms with E-state index in [0.29, 0.717) is 23.4 Å². The standard InChI is InChI=1S/C22H25FN4O/c1-3-26(4-2)15-14-24-22(28)20-16-27(19-8-6-5-7-9-19)25-21(20)17-10-12-18(23)13-11-17/h5-13,16H,3-4,14-15H2,1-2H3,(H,24,28). The van der Waals surface area contributed by atoms with Crippen LogP contribution in [-0.2, 0) is 0 Å². The van der Waals surface area contributed by atoms with Gasteiger partial charge in [-0.15, -0.1) is 0 Å². The van der Waals surface area contributed by atoms with Gasteiger partial charge in [0.15, 0.2) is 0 Å². The quantitative estimate of drug-likeness (QED) is 0.648. The van der Waals surface area contributed by atoms with E-state index in [1.807, 2.05) is 30.3 Å². The monoisotopic (exact) mass is 380 g/mol. The lowest BCUT2D eigenvalue weighted by Crippen LogP contribution is -2.34. The number of benzene rings is 2. The van der Waals surface area contributed by atoms with Crippen LogP contribution in [0.1, 0.15) is 24.2 Å². The number of rotatable bonds is 8. The molecule has 0 atom stereocenters. The molecule has 0 spiro atoms. The lowest BCUT2D eigenvalue weighted by molar-refractivity contribution is 0.0949. The molecule has 1 heterocycles. The van der Waals surface area contributed by atoms with Gasteiger partial charge in [0, 0.05) is 24.8 Å². The molecule has 3 rings (SSSR count). The molecule has 0 aliphatic carbocycles. The van der Waals surface area contributed by atoms with E-state index in [4.69, 9.17) is 0 Å². The number of amides is 1. The van der Waals surface area contributed by atoms with Gasteiger partial charge in [0.05, 0.1) is 11.3 Å². The van der Waals surface area contributed by atoms with Crippen LogP contribution in [0.3, 0.4) is 0 Å². The van der Waals surface area contributed by atoms with Gasteiger partial charge in [0.25, 0.3) is 5.91 Å². The van der Waals surface area contributed by atoms with Crippen molar-refractivity contribution in [2.75, 3.05) is 26.2 Å². The van der Waals surface area contributed by atoms with Gasteiger partial charge < -0.3 is 10.2 Å². The zero-order valence-electron chi connectivity index (χ0n) is 16.2. The Bertz CT molecular complexity index is 902. The number of nitrogens with one attached hydrogen (secondary N) is 1. The van der Waals surface area contributed by atoms with Gasteiger partial charge in [-0.25, -0.2) is 9.07 Å². The van der Waals surface area contributed by atoms with Crippen LogP contribution >= 0.6 is 0 Å². The first-order valence-electron chi connectivity index (χ1n) is 9.54. The van der Waals surface area contributed by atoms with E-state index in [1.54, 1.807) is 23.0 Å². The highest BCUT2D eigenvalue weighted by molar-refractivity contribution is 5.99. The summed E-state index contributed by atoms with van der Waals surface area (Å²) in [6.45, 7) is 7.43. The number of hydrogen-bond acceptors (Lipinski definition) is 3. The van der Waals surface area contributed by atoms with Gasteiger partial charge in [-0.1, -0.05) is 32.0 Å². The summed E-state index contributed by atoms with van der Waals surface area (Å²) >= 11 is 0. The predicted molar refractivity (Wildman–Crippen MR) is 109 cm³/mol. The van der Waals surface area contributed by atoms with Gasteiger partial charge >= 0.3 is 0 Å². The minimum absolute atomic E-state index is 0.186. The maximum absolute atomic E-state index is 13.3. The van der Waals surface area contributed by atoms with Crippen LogP contribution in [0, 0.1) is 5.82 Å². The Hall–Kier alpha value is -2.99. The van der Waals surface area contributed by atoms with E-state index >= 15 is 0 Å². The number of carbonyl (C=O) groups excluding carboxylic acids is 1. The van der Waals surface area contributed by atoms with Crippen molar-refractivity contribution in [2.45, 2.75) is 13.8 Å². The van der Waals surface area contributed by atoms with Gasteiger partial charge in [-0.05, 0) is 49.5 Å². The second kappa shape index (κ2) is 9.28. The summed E-state index contributed by atoms with van der Waals surface area (Å²) in [7, 11) is 0. The number of likely N-dealkylation sites (N-methyl/N-ethyl adjacent to an activating group) is 1. The van der Waals surface area contributed by atoms with Crippen LogP contribution in [0.5, 0.6) is 0 Å². The van der Waals surface area contributed by atoms with E-state index in [2.05, 4.69) is 29.2 Å².